The zero-order valence-electron chi connectivity index (χ0n) is 25.9. The van der Waals surface area contributed by atoms with E-state index in [0.717, 1.165) is 37.1 Å². The number of ketones is 1. The maximum atomic E-state index is 13.3. The van der Waals surface area contributed by atoms with Crippen LogP contribution in [0.4, 0.5) is 5.69 Å². The van der Waals surface area contributed by atoms with Crippen LogP contribution < -0.4 is 10.1 Å². The molecule has 1 amide bonds. The van der Waals surface area contributed by atoms with Crippen molar-refractivity contribution in [3.8, 4) is 16.9 Å². The first-order chi connectivity index (χ1) is 22.0. The molecule has 8 heteroatoms. The number of morpholine rings is 1. The van der Waals surface area contributed by atoms with Crippen LogP contribution in [0.15, 0.2) is 91.0 Å². The van der Waals surface area contributed by atoms with E-state index in [1.807, 2.05) is 24.3 Å². The number of carbonyl (C=O) groups is 3. The average Bonchev–Trinajstić information content (AvgIpc) is 3.37. The lowest BCUT2D eigenvalue weighted by Gasteiger charge is -2.35. The highest BCUT2D eigenvalue weighted by atomic mass is 16.5. The summed E-state index contributed by atoms with van der Waals surface area (Å²) in [5, 5.41) is 2.68. The number of hydrogen-bond donors (Lipinski definition) is 1. The molecule has 0 aromatic heterocycles. The van der Waals surface area contributed by atoms with E-state index in [9.17, 15) is 14.4 Å². The SMILES string of the molecule is CC(=O)Nc1cccc(OC(=O)CC/C=C\CCC2[C@H](N3CCOCC3)C(=O)C[C@H]2OCc2ccc(-c3ccccc3)cc2)c1. The minimum absolute atomic E-state index is 0.0877. The van der Waals surface area contributed by atoms with E-state index >= 15 is 0 Å². The molecule has 0 bridgehead atoms. The fourth-order valence-corrected chi connectivity index (χ4v) is 6.14. The van der Waals surface area contributed by atoms with Crippen LogP contribution in [0.2, 0.25) is 0 Å². The number of ether oxygens (including phenoxy) is 3. The van der Waals surface area contributed by atoms with Crippen molar-refractivity contribution < 1.29 is 28.6 Å². The van der Waals surface area contributed by atoms with Gasteiger partial charge in [-0.1, -0.05) is 72.8 Å². The summed E-state index contributed by atoms with van der Waals surface area (Å²) in [5.74, 6) is 0.214. The molecule has 2 fully saturated rings. The van der Waals surface area contributed by atoms with E-state index in [0.29, 0.717) is 44.1 Å². The number of hydrogen-bond acceptors (Lipinski definition) is 7. The van der Waals surface area contributed by atoms with Crippen LogP contribution in [-0.4, -0.2) is 61.0 Å². The van der Waals surface area contributed by atoms with Gasteiger partial charge in [-0.3, -0.25) is 19.3 Å². The molecule has 45 heavy (non-hydrogen) atoms. The van der Waals surface area contributed by atoms with Crippen molar-refractivity contribution in [3.63, 3.8) is 0 Å². The van der Waals surface area contributed by atoms with Gasteiger partial charge in [0, 0.05) is 50.5 Å². The number of anilines is 1. The van der Waals surface area contributed by atoms with Crippen molar-refractivity contribution in [3.05, 3.63) is 96.6 Å². The van der Waals surface area contributed by atoms with Gasteiger partial charge in [0.1, 0.15) is 5.75 Å². The predicted octanol–water partition coefficient (Wildman–Crippen LogP) is 6.21. The molecule has 8 nitrogen and oxygen atoms in total. The monoisotopic (exact) mass is 610 g/mol. The normalized spacial score (nSPS) is 20.4. The van der Waals surface area contributed by atoms with Crippen LogP contribution in [0.1, 0.15) is 44.6 Å². The van der Waals surface area contributed by atoms with Gasteiger partial charge in [-0.2, -0.15) is 0 Å². The molecule has 1 aliphatic heterocycles. The summed E-state index contributed by atoms with van der Waals surface area (Å²) in [7, 11) is 0. The second kappa shape index (κ2) is 16.3. The van der Waals surface area contributed by atoms with E-state index in [4.69, 9.17) is 14.2 Å². The third-order valence-electron chi connectivity index (χ3n) is 8.31. The van der Waals surface area contributed by atoms with E-state index in [2.05, 4.69) is 52.7 Å². The van der Waals surface area contributed by atoms with E-state index in [1.165, 1.54) is 12.5 Å². The molecular weight excluding hydrogens is 568 g/mol. The molecule has 0 spiro atoms. The van der Waals surface area contributed by atoms with Crippen LogP contribution in [0.3, 0.4) is 0 Å². The van der Waals surface area contributed by atoms with Crippen LogP contribution in [0, 0.1) is 5.92 Å². The molecule has 2 aliphatic rings. The summed E-state index contributed by atoms with van der Waals surface area (Å²) in [4.78, 5) is 39.2. The van der Waals surface area contributed by atoms with Gasteiger partial charge in [0.05, 0.1) is 32.0 Å². The molecule has 1 heterocycles. The predicted molar refractivity (Wildman–Crippen MR) is 174 cm³/mol. The van der Waals surface area contributed by atoms with Crippen molar-refractivity contribution in [2.75, 3.05) is 31.6 Å². The molecule has 5 rings (SSSR count). The lowest BCUT2D eigenvalue weighted by atomic mass is 9.93. The van der Waals surface area contributed by atoms with Crippen molar-refractivity contribution in [2.45, 2.75) is 57.8 Å². The molecule has 1 saturated heterocycles. The molecule has 3 atom stereocenters. The molecule has 1 unspecified atom stereocenters. The largest absolute Gasteiger partial charge is 0.426 e. The Labute approximate surface area is 265 Å². The maximum absolute atomic E-state index is 13.3. The summed E-state index contributed by atoms with van der Waals surface area (Å²) in [5.41, 5.74) is 4.01. The number of carbonyl (C=O) groups excluding carboxylic acids is 3. The van der Waals surface area contributed by atoms with Crippen molar-refractivity contribution >= 4 is 23.3 Å². The van der Waals surface area contributed by atoms with Gasteiger partial charge in [0.2, 0.25) is 5.91 Å². The minimum atomic E-state index is -0.335. The Kier molecular flexibility index (Phi) is 11.7. The molecule has 236 valence electrons. The highest BCUT2D eigenvalue weighted by molar-refractivity contribution is 5.89. The first-order valence-electron chi connectivity index (χ1n) is 15.8. The van der Waals surface area contributed by atoms with Crippen LogP contribution >= 0.6 is 0 Å². The number of rotatable bonds is 13. The maximum Gasteiger partial charge on any atom is 0.311 e. The van der Waals surface area contributed by atoms with Gasteiger partial charge < -0.3 is 19.5 Å². The number of amides is 1. The number of nitrogens with one attached hydrogen (secondary N) is 1. The van der Waals surface area contributed by atoms with Crippen LogP contribution in [0.25, 0.3) is 11.1 Å². The van der Waals surface area contributed by atoms with Crippen LogP contribution in [0.5, 0.6) is 5.75 Å². The molecule has 3 aromatic rings. The van der Waals surface area contributed by atoms with Gasteiger partial charge >= 0.3 is 5.97 Å². The first-order valence-corrected chi connectivity index (χ1v) is 15.8. The number of benzene rings is 3. The van der Waals surface area contributed by atoms with E-state index < -0.39 is 0 Å². The zero-order chi connectivity index (χ0) is 31.4. The first kappa shape index (κ1) is 32.3. The quantitative estimate of drug-likeness (QED) is 0.140. The topological polar surface area (TPSA) is 94.2 Å². The fraction of sp³-hybridized carbons (Fsp3) is 0.378. The molecule has 1 aliphatic carbocycles. The minimum Gasteiger partial charge on any atom is -0.426 e. The Morgan fingerprint density at radius 2 is 1.67 bits per heavy atom. The van der Waals surface area contributed by atoms with Crippen LogP contribution in [-0.2, 0) is 30.5 Å². The molecule has 1 saturated carbocycles. The molecule has 0 radical (unpaired) electrons. The fourth-order valence-electron chi connectivity index (χ4n) is 6.14. The average molecular weight is 611 g/mol. The third kappa shape index (κ3) is 9.44. The smallest absolute Gasteiger partial charge is 0.311 e. The Hall–Kier alpha value is -4.11. The molecule has 1 N–H and O–H groups in total. The summed E-state index contributed by atoms with van der Waals surface area (Å²) in [6.07, 6.45) is 6.78. The van der Waals surface area contributed by atoms with E-state index in [-0.39, 0.29) is 42.1 Å². The Morgan fingerprint density at radius 1 is 0.933 bits per heavy atom. The zero-order valence-corrected chi connectivity index (χ0v) is 25.9. The highest BCUT2D eigenvalue weighted by Crippen LogP contribution is 2.35. The molecular formula is C37H42N2O6. The van der Waals surface area contributed by atoms with E-state index in [1.54, 1.807) is 24.3 Å². The summed E-state index contributed by atoms with van der Waals surface area (Å²) < 4.78 is 17.4. The van der Waals surface area contributed by atoms with Crippen molar-refractivity contribution in [1.29, 1.82) is 0 Å². The van der Waals surface area contributed by atoms with Gasteiger partial charge in [-0.05, 0) is 48.1 Å². The van der Waals surface area contributed by atoms with Gasteiger partial charge in [0.15, 0.2) is 5.78 Å². The second-order valence-corrected chi connectivity index (χ2v) is 11.6. The second-order valence-electron chi connectivity index (χ2n) is 11.6. The molecule has 3 aromatic carbocycles. The van der Waals surface area contributed by atoms with Gasteiger partial charge in [-0.15, -0.1) is 0 Å². The Bertz CT molecular complexity index is 1450. The van der Waals surface area contributed by atoms with Gasteiger partial charge in [0.25, 0.3) is 0 Å². The number of allylic oxidation sites excluding steroid dienone is 2. The standard InChI is InChI=1S/C37H42N2O6/c1-27(40)38-31-12-9-13-32(24-31)45-36(42)15-8-3-2-7-14-33-35(25-34(41)37(33)39-20-22-43-23-21-39)44-26-28-16-18-30(19-17-28)29-10-5-4-6-11-29/h2-6,9-13,16-19,24,33,35,37H,7-8,14-15,20-23,25-26H2,1H3,(H,38,40)/b3-2-/t33?,35-,37+/m1/s1. The Balaban J connectivity index is 1.13. The summed E-state index contributed by atoms with van der Waals surface area (Å²) in [6.45, 7) is 4.69. The third-order valence-corrected chi connectivity index (χ3v) is 8.31. The summed E-state index contributed by atoms with van der Waals surface area (Å²) >= 11 is 0. The number of esters is 1. The lowest BCUT2D eigenvalue weighted by molar-refractivity contribution is -0.134. The number of nitrogens with zero attached hydrogens (tertiary/aromatic N) is 1. The number of Topliss-reactive ketones (excluding diaryl/α,β-unsaturated/α-hetero) is 1. The summed E-state index contributed by atoms with van der Waals surface area (Å²) in [6, 6.07) is 25.3. The Morgan fingerprint density at radius 3 is 2.42 bits per heavy atom. The van der Waals surface area contributed by atoms with Gasteiger partial charge in [-0.25, -0.2) is 0 Å². The van der Waals surface area contributed by atoms with Crippen molar-refractivity contribution in [1.82, 2.24) is 4.90 Å². The lowest BCUT2D eigenvalue weighted by Crippen LogP contribution is -2.49. The highest BCUT2D eigenvalue weighted by Gasteiger charge is 2.45. The van der Waals surface area contributed by atoms with Crippen molar-refractivity contribution in [2.24, 2.45) is 5.92 Å².